The first kappa shape index (κ1) is 12.6. The Morgan fingerprint density at radius 1 is 1.26 bits per heavy atom. The highest BCUT2D eigenvalue weighted by molar-refractivity contribution is 5.96. The number of aromatic amines is 1. The Morgan fingerprint density at radius 2 is 1.95 bits per heavy atom. The van der Waals surface area contributed by atoms with Crippen molar-refractivity contribution < 1.29 is 4.79 Å². The van der Waals surface area contributed by atoms with Crippen molar-refractivity contribution in [1.82, 2.24) is 25.3 Å². The highest BCUT2D eigenvalue weighted by atomic mass is 16.2. The number of nitrogens with zero attached hydrogens (tertiary/aromatic N) is 3. The maximum atomic E-state index is 12.4. The molecular formula is C13H21N5O. The molecule has 6 heteroatoms. The van der Waals surface area contributed by atoms with Gasteiger partial charge >= 0.3 is 0 Å². The molecule has 19 heavy (non-hydrogen) atoms. The normalized spacial score (nSPS) is 21.5. The van der Waals surface area contributed by atoms with E-state index in [9.17, 15) is 4.79 Å². The van der Waals surface area contributed by atoms with Crippen LogP contribution >= 0.6 is 0 Å². The second kappa shape index (κ2) is 4.94. The minimum Gasteiger partial charge on any atom is -0.335 e. The molecule has 104 valence electrons. The quantitative estimate of drug-likeness (QED) is 0.773. The smallest absolute Gasteiger partial charge is 0.257 e. The molecule has 2 saturated heterocycles. The highest BCUT2D eigenvalue weighted by Gasteiger charge is 2.36. The average Bonchev–Trinajstić information content (AvgIpc) is 2.68. The number of aromatic nitrogens is 2. The Hall–Kier alpha value is -1.40. The van der Waals surface area contributed by atoms with Gasteiger partial charge in [-0.3, -0.25) is 14.8 Å². The summed E-state index contributed by atoms with van der Waals surface area (Å²) in [5, 5.41) is 10.3. The third-order valence-electron chi connectivity index (χ3n) is 4.16. The molecule has 0 unspecified atom stereocenters. The van der Waals surface area contributed by atoms with Crippen LogP contribution in [0, 0.1) is 13.8 Å². The number of H-pyrrole nitrogens is 1. The van der Waals surface area contributed by atoms with E-state index in [0.717, 1.165) is 56.2 Å². The zero-order valence-electron chi connectivity index (χ0n) is 11.6. The number of amides is 1. The second-order valence-corrected chi connectivity index (χ2v) is 5.46. The number of hydrogen-bond donors (Lipinski definition) is 2. The fourth-order valence-corrected chi connectivity index (χ4v) is 2.92. The zero-order chi connectivity index (χ0) is 13.4. The van der Waals surface area contributed by atoms with Gasteiger partial charge in [-0.2, -0.15) is 5.10 Å². The number of nitrogens with one attached hydrogen (secondary N) is 2. The van der Waals surface area contributed by atoms with Crippen LogP contribution in [0.2, 0.25) is 0 Å². The molecular weight excluding hydrogens is 242 g/mol. The summed E-state index contributed by atoms with van der Waals surface area (Å²) in [7, 11) is 0. The summed E-state index contributed by atoms with van der Waals surface area (Å²) in [5.41, 5.74) is 2.42. The molecule has 1 aromatic rings. The van der Waals surface area contributed by atoms with Gasteiger partial charge in [0, 0.05) is 51.0 Å². The van der Waals surface area contributed by atoms with Crippen molar-refractivity contribution in [3.05, 3.63) is 17.0 Å². The summed E-state index contributed by atoms with van der Waals surface area (Å²) < 4.78 is 0. The number of likely N-dealkylation sites (tertiary alicyclic amines) is 1. The van der Waals surface area contributed by atoms with Crippen molar-refractivity contribution in [3.8, 4) is 0 Å². The van der Waals surface area contributed by atoms with Crippen LogP contribution in [0.25, 0.3) is 0 Å². The van der Waals surface area contributed by atoms with Gasteiger partial charge in [-0.15, -0.1) is 0 Å². The van der Waals surface area contributed by atoms with Crippen LogP contribution in [0.15, 0.2) is 0 Å². The monoisotopic (exact) mass is 263 g/mol. The number of aryl methyl sites for hydroxylation is 2. The molecule has 6 nitrogen and oxygen atoms in total. The Labute approximate surface area is 113 Å². The molecule has 3 heterocycles. The maximum absolute atomic E-state index is 12.4. The molecule has 0 atom stereocenters. The van der Waals surface area contributed by atoms with Crippen LogP contribution in [0.5, 0.6) is 0 Å². The minimum absolute atomic E-state index is 0.120. The van der Waals surface area contributed by atoms with Crippen LogP contribution in [0.3, 0.4) is 0 Å². The molecule has 0 radical (unpaired) electrons. The molecule has 0 bridgehead atoms. The van der Waals surface area contributed by atoms with Gasteiger partial charge in [0.05, 0.1) is 11.3 Å². The van der Waals surface area contributed by atoms with E-state index >= 15 is 0 Å². The van der Waals surface area contributed by atoms with Gasteiger partial charge in [0.2, 0.25) is 0 Å². The van der Waals surface area contributed by atoms with Crippen molar-refractivity contribution in [1.29, 1.82) is 0 Å². The van der Waals surface area contributed by atoms with Gasteiger partial charge in [0.15, 0.2) is 0 Å². The van der Waals surface area contributed by atoms with Gasteiger partial charge < -0.3 is 10.2 Å². The zero-order valence-corrected chi connectivity index (χ0v) is 11.6. The lowest BCUT2D eigenvalue weighted by Crippen LogP contribution is -2.63. The summed E-state index contributed by atoms with van der Waals surface area (Å²) in [6, 6.07) is 0.540. The van der Waals surface area contributed by atoms with E-state index in [4.69, 9.17) is 0 Å². The molecule has 0 aliphatic carbocycles. The molecule has 0 saturated carbocycles. The lowest BCUT2D eigenvalue weighted by Gasteiger charge is -2.46. The van der Waals surface area contributed by atoms with Crippen LogP contribution in [-0.2, 0) is 0 Å². The Morgan fingerprint density at radius 3 is 2.53 bits per heavy atom. The number of rotatable bonds is 2. The van der Waals surface area contributed by atoms with Crippen molar-refractivity contribution in [2.75, 3.05) is 39.3 Å². The summed E-state index contributed by atoms with van der Waals surface area (Å²) >= 11 is 0. The maximum Gasteiger partial charge on any atom is 0.257 e. The van der Waals surface area contributed by atoms with Crippen molar-refractivity contribution in [2.45, 2.75) is 19.9 Å². The van der Waals surface area contributed by atoms with Gasteiger partial charge in [0.25, 0.3) is 5.91 Å². The first-order valence-corrected chi connectivity index (χ1v) is 6.92. The standard InChI is InChI=1S/C13H21N5O/c1-9-12(10(2)16-15-9)13(19)18-7-11(8-18)17-5-3-14-4-6-17/h11,14H,3-8H2,1-2H3,(H,15,16). The van der Waals surface area contributed by atoms with Crippen molar-refractivity contribution in [3.63, 3.8) is 0 Å². The summed E-state index contributed by atoms with van der Waals surface area (Å²) in [6.45, 7) is 9.79. The lowest BCUT2D eigenvalue weighted by atomic mass is 10.0. The van der Waals surface area contributed by atoms with Crippen LogP contribution in [0.1, 0.15) is 21.7 Å². The predicted molar refractivity (Wildman–Crippen MR) is 72.2 cm³/mol. The summed E-state index contributed by atoms with van der Waals surface area (Å²) in [5.74, 6) is 0.120. The Bertz CT molecular complexity index is 452. The molecule has 2 fully saturated rings. The molecule has 2 N–H and O–H groups in total. The van der Waals surface area contributed by atoms with E-state index in [1.807, 2.05) is 18.7 Å². The molecule has 2 aliphatic rings. The number of piperazine rings is 1. The number of carbonyl (C=O) groups is 1. The number of hydrogen-bond acceptors (Lipinski definition) is 4. The van der Waals surface area contributed by atoms with Crippen molar-refractivity contribution in [2.24, 2.45) is 0 Å². The van der Waals surface area contributed by atoms with Crippen LogP contribution in [0.4, 0.5) is 0 Å². The largest absolute Gasteiger partial charge is 0.335 e. The first-order valence-electron chi connectivity index (χ1n) is 6.92. The van der Waals surface area contributed by atoms with E-state index in [2.05, 4.69) is 20.4 Å². The van der Waals surface area contributed by atoms with Crippen LogP contribution < -0.4 is 5.32 Å². The average molecular weight is 263 g/mol. The van der Waals surface area contributed by atoms with E-state index in [1.54, 1.807) is 0 Å². The molecule has 2 aliphatic heterocycles. The molecule has 0 aromatic carbocycles. The fraction of sp³-hybridized carbons (Fsp3) is 0.692. The third kappa shape index (κ3) is 2.26. The van der Waals surface area contributed by atoms with Gasteiger partial charge in [0.1, 0.15) is 0 Å². The lowest BCUT2D eigenvalue weighted by molar-refractivity contribution is 0.0226. The molecule has 3 rings (SSSR count). The fourth-order valence-electron chi connectivity index (χ4n) is 2.92. The molecule has 0 spiro atoms. The topological polar surface area (TPSA) is 64.3 Å². The van der Waals surface area contributed by atoms with E-state index in [0.29, 0.717) is 6.04 Å². The minimum atomic E-state index is 0.120. The van der Waals surface area contributed by atoms with E-state index in [-0.39, 0.29) is 5.91 Å². The summed E-state index contributed by atoms with van der Waals surface area (Å²) in [4.78, 5) is 16.8. The second-order valence-electron chi connectivity index (χ2n) is 5.46. The Balaban J connectivity index is 1.60. The van der Waals surface area contributed by atoms with Gasteiger partial charge in [-0.25, -0.2) is 0 Å². The first-order chi connectivity index (χ1) is 9.16. The molecule has 1 amide bonds. The predicted octanol–water partition coefficient (Wildman–Crippen LogP) is -0.244. The van der Waals surface area contributed by atoms with Gasteiger partial charge in [-0.1, -0.05) is 0 Å². The summed E-state index contributed by atoms with van der Waals surface area (Å²) in [6.07, 6.45) is 0. The highest BCUT2D eigenvalue weighted by Crippen LogP contribution is 2.20. The van der Waals surface area contributed by atoms with E-state index < -0.39 is 0 Å². The third-order valence-corrected chi connectivity index (χ3v) is 4.16. The molecule has 1 aromatic heterocycles. The van der Waals surface area contributed by atoms with Gasteiger partial charge in [-0.05, 0) is 13.8 Å². The SMILES string of the molecule is Cc1n[nH]c(C)c1C(=O)N1CC(N2CCNCC2)C1. The number of carbonyl (C=O) groups excluding carboxylic acids is 1. The van der Waals surface area contributed by atoms with Crippen LogP contribution in [-0.4, -0.2) is 71.2 Å². The van der Waals surface area contributed by atoms with Crippen molar-refractivity contribution >= 4 is 5.91 Å². The van der Waals surface area contributed by atoms with E-state index in [1.165, 1.54) is 0 Å². The Kier molecular flexibility index (Phi) is 3.28.